The van der Waals surface area contributed by atoms with Crippen LogP contribution in [0.15, 0.2) is 12.2 Å². The first-order chi connectivity index (χ1) is 6.93. The van der Waals surface area contributed by atoms with Gasteiger partial charge in [0.15, 0.2) is 0 Å². The zero-order chi connectivity index (χ0) is 9.38. The summed E-state index contributed by atoms with van der Waals surface area (Å²) in [5.41, 5.74) is 0. The molecule has 0 heteroatoms. The highest BCUT2D eigenvalue weighted by molar-refractivity contribution is 4.99. The number of rotatable bonds is 0. The topological polar surface area (TPSA) is 0 Å². The van der Waals surface area contributed by atoms with Gasteiger partial charge in [0.05, 0.1) is 0 Å². The molecule has 0 radical (unpaired) electrons. The fraction of sp³-hybridized carbons (Fsp3) is 0.857. The van der Waals surface area contributed by atoms with Crippen molar-refractivity contribution in [2.45, 2.75) is 51.4 Å². The SMILES string of the molecule is C1=CCC2CC3CCCCC3CC2C1. The van der Waals surface area contributed by atoms with Gasteiger partial charge in [0.25, 0.3) is 0 Å². The molecule has 4 unspecified atom stereocenters. The second kappa shape index (κ2) is 3.72. The van der Waals surface area contributed by atoms with E-state index in [1.54, 1.807) is 25.7 Å². The highest BCUT2D eigenvalue weighted by atomic mass is 14.4. The highest BCUT2D eigenvalue weighted by Gasteiger charge is 2.37. The number of fused-ring (bicyclic) bond motifs is 2. The van der Waals surface area contributed by atoms with Gasteiger partial charge in [0.2, 0.25) is 0 Å². The maximum Gasteiger partial charge on any atom is -0.0319 e. The summed E-state index contributed by atoms with van der Waals surface area (Å²) < 4.78 is 0. The Morgan fingerprint density at radius 3 is 1.64 bits per heavy atom. The lowest BCUT2D eigenvalue weighted by molar-refractivity contribution is 0.0762. The summed E-state index contributed by atoms with van der Waals surface area (Å²) in [4.78, 5) is 0. The molecule has 0 spiro atoms. The minimum Gasteiger partial charge on any atom is -0.0882 e. The first kappa shape index (κ1) is 9.00. The van der Waals surface area contributed by atoms with Crippen LogP contribution in [0, 0.1) is 23.7 Å². The summed E-state index contributed by atoms with van der Waals surface area (Å²) >= 11 is 0. The molecule has 0 heterocycles. The van der Waals surface area contributed by atoms with Crippen LogP contribution in [0.1, 0.15) is 51.4 Å². The third-order valence-electron chi connectivity index (χ3n) is 4.99. The molecule has 0 nitrogen and oxygen atoms in total. The Morgan fingerprint density at radius 2 is 1.14 bits per heavy atom. The Bertz CT molecular complexity index is 204. The first-order valence-corrected chi connectivity index (χ1v) is 6.58. The lowest BCUT2D eigenvalue weighted by atomic mass is 9.61. The quantitative estimate of drug-likeness (QED) is 0.503. The molecule has 0 aromatic rings. The summed E-state index contributed by atoms with van der Waals surface area (Å²) in [5, 5.41) is 0. The average molecular weight is 190 g/mol. The molecule has 4 atom stereocenters. The standard InChI is InChI=1S/C14H22/c1-2-6-12-10-14-8-4-3-7-13(14)9-11(12)5-1/h1-2,11-14H,3-10H2. The Labute approximate surface area is 87.8 Å². The molecule has 0 aliphatic heterocycles. The second-order valence-electron chi connectivity index (χ2n) is 5.74. The molecule has 78 valence electrons. The summed E-state index contributed by atoms with van der Waals surface area (Å²) in [6.07, 6.45) is 17.0. The monoisotopic (exact) mass is 190 g/mol. The third kappa shape index (κ3) is 1.53. The van der Waals surface area contributed by atoms with Crippen molar-refractivity contribution in [2.24, 2.45) is 23.7 Å². The van der Waals surface area contributed by atoms with Crippen molar-refractivity contribution in [3.63, 3.8) is 0 Å². The molecule has 3 aliphatic carbocycles. The minimum absolute atomic E-state index is 1.07. The van der Waals surface area contributed by atoms with Crippen LogP contribution in [0.25, 0.3) is 0 Å². The predicted octanol–water partition coefficient (Wildman–Crippen LogP) is 4.17. The molecule has 0 bridgehead atoms. The van der Waals surface area contributed by atoms with Crippen molar-refractivity contribution >= 4 is 0 Å². The Hall–Kier alpha value is -0.260. The van der Waals surface area contributed by atoms with Gasteiger partial charge in [0.1, 0.15) is 0 Å². The summed E-state index contributed by atoms with van der Waals surface area (Å²) in [7, 11) is 0. The minimum atomic E-state index is 1.07. The van der Waals surface area contributed by atoms with Crippen molar-refractivity contribution in [3.05, 3.63) is 12.2 Å². The summed E-state index contributed by atoms with van der Waals surface area (Å²) in [6, 6.07) is 0. The normalized spacial score (nSPS) is 46.9. The van der Waals surface area contributed by atoms with Gasteiger partial charge in [-0.05, 0) is 49.4 Å². The fourth-order valence-electron chi connectivity index (χ4n) is 4.19. The fourth-order valence-corrected chi connectivity index (χ4v) is 4.19. The van der Waals surface area contributed by atoms with Crippen molar-refractivity contribution in [1.29, 1.82) is 0 Å². The number of hydrogen-bond donors (Lipinski definition) is 0. The molecule has 0 amide bonds. The summed E-state index contributed by atoms with van der Waals surface area (Å²) in [6.45, 7) is 0. The van der Waals surface area contributed by atoms with Crippen molar-refractivity contribution in [3.8, 4) is 0 Å². The van der Waals surface area contributed by atoms with Gasteiger partial charge < -0.3 is 0 Å². The van der Waals surface area contributed by atoms with Crippen LogP contribution in [0.4, 0.5) is 0 Å². The second-order valence-corrected chi connectivity index (χ2v) is 5.74. The van der Waals surface area contributed by atoms with Gasteiger partial charge in [0, 0.05) is 0 Å². The zero-order valence-electron chi connectivity index (χ0n) is 9.12. The van der Waals surface area contributed by atoms with Crippen molar-refractivity contribution in [2.75, 3.05) is 0 Å². The van der Waals surface area contributed by atoms with E-state index in [1.165, 1.54) is 25.7 Å². The lowest BCUT2D eigenvalue weighted by Gasteiger charge is -2.44. The van der Waals surface area contributed by atoms with E-state index in [4.69, 9.17) is 0 Å². The Morgan fingerprint density at radius 1 is 0.643 bits per heavy atom. The van der Waals surface area contributed by atoms with Gasteiger partial charge in [-0.2, -0.15) is 0 Å². The molecule has 3 aliphatic rings. The van der Waals surface area contributed by atoms with E-state index in [0.29, 0.717) is 0 Å². The molecule has 3 rings (SSSR count). The Balaban J connectivity index is 1.72. The van der Waals surface area contributed by atoms with Crippen molar-refractivity contribution in [1.82, 2.24) is 0 Å². The molecule has 14 heavy (non-hydrogen) atoms. The van der Waals surface area contributed by atoms with Crippen LogP contribution in [0.2, 0.25) is 0 Å². The number of allylic oxidation sites excluding steroid dienone is 2. The van der Waals surface area contributed by atoms with Gasteiger partial charge in [-0.3, -0.25) is 0 Å². The average Bonchev–Trinajstić information content (AvgIpc) is 2.26. The third-order valence-corrected chi connectivity index (χ3v) is 4.99. The smallest absolute Gasteiger partial charge is 0.0319 e. The van der Waals surface area contributed by atoms with E-state index in [1.807, 2.05) is 0 Å². The largest absolute Gasteiger partial charge is 0.0882 e. The Kier molecular flexibility index (Phi) is 2.39. The maximum absolute atomic E-state index is 2.43. The maximum atomic E-state index is 2.43. The van der Waals surface area contributed by atoms with Crippen LogP contribution in [-0.4, -0.2) is 0 Å². The van der Waals surface area contributed by atoms with E-state index in [-0.39, 0.29) is 0 Å². The van der Waals surface area contributed by atoms with Crippen LogP contribution < -0.4 is 0 Å². The van der Waals surface area contributed by atoms with Crippen LogP contribution in [-0.2, 0) is 0 Å². The molecule has 2 fully saturated rings. The highest BCUT2D eigenvalue weighted by Crippen LogP contribution is 2.48. The van der Waals surface area contributed by atoms with Gasteiger partial charge in [-0.15, -0.1) is 0 Å². The summed E-state index contributed by atoms with van der Waals surface area (Å²) in [5.74, 6) is 4.38. The van der Waals surface area contributed by atoms with E-state index >= 15 is 0 Å². The van der Waals surface area contributed by atoms with Crippen LogP contribution >= 0.6 is 0 Å². The van der Waals surface area contributed by atoms with Crippen molar-refractivity contribution < 1.29 is 0 Å². The lowest BCUT2D eigenvalue weighted by Crippen LogP contribution is -2.34. The number of hydrogen-bond acceptors (Lipinski definition) is 0. The van der Waals surface area contributed by atoms with E-state index in [0.717, 1.165) is 23.7 Å². The predicted molar refractivity (Wildman–Crippen MR) is 60.0 cm³/mol. The molecule has 0 N–H and O–H groups in total. The van der Waals surface area contributed by atoms with Gasteiger partial charge in [-0.25, -0.2) is 0 Å². The van der Waals surface area contributed by atoms with Crippen LogP contribution in [0.3, 0.4) is 0 Å². The van der Waals surface area contributed by atoms with E-state index in [9.17, 15) is 0 Å². The van der Waals surface area contributed by atoms with E-state index < -0.39 is 0 Å². The molecule has 0 aromatic heterocycles. The van der Waals surface area contributed by atoms with E-state index in [2.05, 4.69) is 12.2 Å². The molecule has 0 saturated heterocycles. The van der Waals surface area contributed by atoms with Crippen LogP contribution in [0.5, 0.6) is 0 Å². The zero-order valence-corrected chi connectivity index (χ0v) is 9.12. The molecular formula is C14H22. The van der Waals surface area contributed by atoms with Gasteiger partial charge >= 0.3 is 0 Å². The molecular weight excluding hydrogens is 168 g/mol. The first-order valence-electron chi connectivity index (χ1n) is 6.58. The molecule has 2 saturated carbocycles. The van der Waals surface area contributed by atoms with Gasteiger partial charge in [-0.1, -0.05) is 37.8 Å². The molecule has 0 aromatic carbocycles.